The van der Waals surface area contributed by atoms with Gasteiger partial charge < -0.3 is 0 Å². The average molecular weight is 415 g/mol. The van der Waals surface area contributed by atoms with Gasteiger partial charge >= 0.3 is 0 Å². The summed E-state index contributed by atoms with van der Waals surface area (Å²) in [5, 5.41) is 2.24. The molecule has 0 atom stereocenters. The number of thiophene rings is 1. The van der Waals surface area contributed by atoms with Crippen molar-refractivity contribution in [3.63, 3.8) is 0 Å². The molecule has 0 radical (unpaired) electrons. The number of hydrogen-bond donors (Lipinski definition) is 0. The van der Waals surface area contributed by atoms with Crippen molar-refractivity contribution in [2.75, 3.05) is 4.31 Å². The number of nitrogens with zero attached hydrogens (tertiary/aromatic N) is 2. The first-order valence-electron chi connectivity index (χ1n) is 6.29. The van der Waals surface area contributed by atoms with Gasteiger partial charge in [-0.15, -0.1) is 22.7 Å². The van der Waals surface area contributed by atoms with E-state index in [2.05, 4.69) is 20.9 Å². The van der Waals surface area contributed by atoms with Gasteiger partial charge in [0, 0.05) is 16.5 Å². The molecule has 1 aromatic carbocycles. The predicted octanol–water partition coefficient (Wildman–Crippen LogP) is 4.36. The first-order valence-corrected chi connectivity index (χ1v) is 10.2. The first kappa shape index (κ1) is 15.7. The Morgan fingerprint density at radius 2 is 1.91 bits per heavy atom. The van der Waals surface area contributed by atoms with Gasteiger partial charge in [-0.05, 0) is 40.2 Å². The molecule has 2 heterocycles. The second kappa shape index (κ2) is 6.49. The Balaban J connectivity index is 2.02. The van der Waals surface area contributed by atoms with Gasteiger partial charge in [0.2, 0.25) is 0 Å². The van der Waals surface area contributed by atoms with Crippen LogP contribution in [0, 0.1) is 0 Å². The lowest BCUT2D eigenvalue weighted by Gasteiger charge is -2.21. The molecule has 4 nitrogen and oxygen atoms in total. The summed E-state index contributed by atoms with van der Waals surface area (Å²) in [6.07, 6.45) is 1.61. The lowest BCUT2D eigenvalue weighted by molar-refractivity contribution is 0.590. The van der Waals surface area contributed by atoms with Gasteiger partial charge in [-0.2, -0.15) is 0 Å². The van der Waals surface area contributed by atoms with Gasteiger partial charge in [0.15, 0.2) is 5.13 Å². The maximum absolute atomic E-state index is 12.9. The van der Waals surface area contributed by atoms with E-state index < -0.39 is 10.0 Å². The molecule has 3 rings (SSSR count). The molecule has 114 valence electrons. The molecule has 0 fully saturated rings. The number of hydrogen-bond acceptors (Lipinski definition) is 5. The average Bonchev–Trinajstić information content (AvgIpc) is 3.17. The molecule has 8 heteroatoms. The van der Waals surface area contributed by atoms with Crippen molar-refractivity contribution in [1.29, 1.82) is 0 Å². The van der Waals surface area contributed by atoms with E-state index >= 15 is 0 Å². The van der Waals surface area contributed by atoms with Crippen molar-refractivity contribution in [1.82, 2.24) is 4.98 Å². The van der Waals surface area contributed by atoms with Gasteiger partial charge in [-0.1, -0.05) is 18.2 Å². The zero-order chi connectivity index (χ0) is 15.6. The van der Waals surface area contributed by atoms with Crippen LogP contribution in [0.3, 0.4) is 0 Å². The Hall–Kier alpha value is -1.22. The van der Waals surface area contributed by atoms with Crippen molar-refractivity contribution in [3.8, 4) is 0 Å². The topological polar surface area (TPSA) is 50.3 Å². The molecule has 0 aliphatic carbocycles. The normalized spacial score (nSPS) is 11.5. The van der Waals surface area contributed by atoms with Crippen LogP contribution < -0.4 is 4.31 Å². The number of thiazole rings is 1. The highest BCUT2D eigenvalue weighted by atomic mass is 79.9. The van der Waals surface area contributed by atoms with E-state index in [-0.39, 0.29) is 11.4 Å². The Kier molecular flexibility index (Phi) is 4.62. The SMILES string of the molecule is O=S(=O)(c1ccccc1)N(Cc1ccc(Br)s1)c1nccs1. The first-order chi connectivity index (χ1) is 10.6. The summed E-state index contributed by atoms with van der Waals surface area (Å²) in [4.78, 5) is 5.38. The van der Waals surface area contributed by atoms with Crippen molar-refractivity contribution in [2.45, 2.75) is 11.4 Å². The van der Waals surface area contributed by atoms with E-state index in [0.717, 1.165) is 8.66 Å². The molecule has 0 saturated heterocycles. The Morgan fingerprint density at radius 3 is 2.50 bits per heavy atom. The standard InChI is InChI=1S/C14H11BrN2O2S3/c15-13-7-6-11(21-13)10-17(14-16-8-9-20-14)22(18,19)12-4-2-1-3-5-12/h1-9H,10H2. The number of halogens is 1. The van der Waals surface area contributed by atoms with Crippen molar-refractivity contribution >= 4 is 53.8 Å². The zero-order valence-electron chi connectivity index (χ0n) is 11.2. The van der Waals surface area contributed by atoms with Crippen LogP contribution in [0.2, 0.25) is 0 Å². The number of benzene rings is 1. The minimum Gasteiger partial charge on any atom is -0.236 e. The van der Waals surface area contributed by atoms with Gasteiger partial charge in [-0.25, -0.2) is 17.7 Å². The van der Waals surface area contributed by atoms with Gasteiger partial charge in [0.1, 0.15) is 0 Å². The second-order valence-electron chi connectivity index (χ2n) is 4.35. The number of rotatable bonds is 5. The molecular formula is C14H11BrN2O2S3. The van der Waals surface area contributed by atoms with E-state index in [1.165, 1.54) is 27.0 Å². The fraction of sp³-hybridized carbons (Fsp3) is 0.0714. The lowest BCUT2D eigenvalue weighted by atomic mass is 10.4. The molecule has 22 heavy (non-hydrogen) atoms. The minimum absolute atomic E-state index is 0.265. The molecule has 0 aliphatic rings. The highest BCUT2D eigenvalue weighted by Gasteiger charge is 2.27. The molecule has 0 bridgehead atoms. The molecule has 3 aromatic rings. The summed E-state index contributed by atoms with van der Waals surface area (Å²) in [5.74, 6) is 0. The van der Waals surface area contributed by atoms with Crippen LogP contribution in [0.4, 0.5) is 5.13 Å². The van der Waals surface area contributed by atoms with Gasteiger partial charge in [-0.3, -0.25) is 0 Å². The molecule has 2 aromatic heterocycles. The molecule has 0 amide bonds. The summed E-state index contributed by atoms with van der Waals surface area (Å²) in [7, 11) is -3.64. The molecule has 0 aliphatic heterocycles. The smallest absolute Gasteiger partial charge is 0.236 e. The largest absolute Gasteiger partial charge is 0.266 e. The summed E-state index contributed by atoms with van der Waals surface area (Å²) in [6, 6.07) is 12.2. The van der Waals surface area contributed by atoms with Crippen LogP contribution in [-0.4, -0.2) is 13.4 Å². The molecule has 0 N–H and O–H groups in total. The third-order valence-corrected chi connectivity index (χ3v) is 7.16. The molecule has 0 saturated carbocycles. The quantitative estimate of drug-likeness (QED) is 0.622. The Morgan fingerprint density at radius 1 is 1.14 bits per heavy atom. The zero-order valence-corrected chi connectivity index (χ0v) is 15.3. The third-order valence-electron chi connectivity index (χ3n) is 2.89. The summed E-state index contributed by atoms with van der Waals surface area (Å²) >= 11 is 6.22. The van der Waals surface area contributed by atoms with E-state index in [4.69, 9.17) is 0 Å². The number of anilines is 1. The Bertz CT molecular complexity index is 845. The number of aromatic nitrogens is 1. The van der Waals surface area contributed by atoms with Crippen LogP contribution in [0.5, 0.6) is 0 Å². The number of sulfonamides is 1. The van der Waals surface area contributed by atoms with Crippen molar-refractivity contribution < 1.29 is 8.42 Å². The molecule has 0 unspecified atom stereocenters. The van der Waals surface area contributed by atoms with Gasteiger partial charge in [0.25, 0.3) is 10.0 Å². The third kappa shape index (κ3) is 3.24. The van der Waals surface area contributed by atoms with Gasteiger partial charge in [0.05, 0.1) is 15.2 Å². The fourth-order valence-corrected chi connectivity index (χ4v) is 5.73. The maximum atomic E-state index is 12.9. The second-order valence-corrected chi connectivity index (χ2v) is 9.63. The van der Waals surface area contributed by atoms with Crippen molar-refractivity contribution in [2.24, 2.45) is 0 Å². The summed E-state index contributed by atoms with van der Waals surface area (Å²) in [6.45, 7) is 0.265. The van der Waals surface area contributed by atoms with E-state index in [1.807, 2.05) is 12.1 Å². The van der Waals surface area contributed by atoms with Crippen LogP contribution in [0.1, 0.15) is 4.88 Å². The fourth-order valence-electron chi connectivity index (χ4n) is 1.89. The summed E-state index contributed by atoms with van der Waals surface area (Å²) in [5.41, 5.74) is 0. The molecular weight excluding hydrogens is 404 g/mol. The van der Waals surface area contributed by atoms with Crippen LogP contribution in [0.25, 0.3) is 0 Å². The van der Waals surface area contributed by atoms with Crippen LogP contribution >= 0.6 is 38.6 Å². The summed E-state index contributed by atoms with van der Waals surface area (Å²) < 4.78 is 28.2. The Labute approximate surface area is 145 Å². The monoisotopic (exact) mass is 414 g/mol. The van der Waals surface area contributed by atoms with Crippen LogP contribution in [0.15, 0.2) is 62.7 Å². The highest BCUT2D eigenvalue weighted by molar-refractivity contribution is 9.11. The molecule has 0 spiro atoms. The van der Waals surface area contributed by atoms with Crippen LogP contribution in [-0.2, 0) is 16.6 Å². The van der Waals surface area contributed by atoms with E-state index in [0.29, 0.717) is 5.13 Å². The maximum Gasteiger partial charge on any atom is 0.266 e. The minimum atomic E-state index is -3.64. The highest BCUT2D eigenvalue weighted by Crippen LogP contribution is 2.30. The van der Waals surface area contributed by atoms with Crippen molar-refractivity contribution in [3.05, 3.63) is 62.7 Å². The lowest BCUT2D eigenvalue weighted by Crippen LogP contribution is -2.30. The van der Waals surface area contributed by atoms with E-state index in [1.54, 1.807) is 41.9 Å². The van der Waals surface area contributed by atoms with E-state index in [9.17, 15) is 8.42 Å². The predicted molar refractivity (Wildman–Crippen MR) is 93.9 cm³/mol.